The molecule has 28 heavy (non-hydrogen) atoms. The largest absolute Gasteiger partial charge is 0.363 e. The molecule has 3 aromatic rings. The molecular formula is C21H22FN5O. The number of nitrogens with two attached hydrogens (primary N) is 1. The van der Waals surface area contributed by atoms with Crippen LogP contribution in [-0.2, 0) is 4.79 Å². The van der Waals surface area contributed by atoms with Crippen LogP contribution in [0.1, 0.15) is 25.5 Å². The molecule has 7 heteroatoms. The van der Waals surface area contributed by atoms with Crippen LogP contribution in [0.3, 0.4) is 0 Å². The SMILES string of the molecule is C=C(C)N/C(C)=C(/C(=O)Nc1ccc2[nH]ncc2c1)C(N)c1ccc(F)cc1. The van der Waals surface area contributed by atoms with Crippen molar-refractivity contribution in [2.45, 2.75) is 19.9 Å². The van der Waals surface area contributed by atoms with Gasteiger partial charge in [0.1, 0.15) is 5.82 Å². The quantitative estimate of drug-likeness (QED) is 0.491. The summed E-state index contributed by atoms with van der Waals surface area (Å²) in [5.41, 5.74) is 10.1. The standard InChI is InChI=1S/C21H22FN5O/c1-12(2)25-13(3)19(20(23)14-4-6-16(22)7-5-14)21(28)26-17-8-9-18-15(10-17)11-24-27-18/h4-11,20,25H,1,23H2,2-3H3,(H,24,27)(H,26,28)/b19-13+. The van der Waals surface area contributed by atoms with Gasteiger partial charge in [0.05, 0.1) is 23.3 Å². The topological polar surface area (TPSA) is 95.8 Å². The summed E-state index contributed by atoms with van der Waals surface area (Å²) in [6.07, 6.45) is 1.68. The smallest absolute Gasteiger partial charge is 0.255 e. The van der Waals surface area contributed by atoms with E-state index in [2.05, 4.69) is 27.4 Å². The summed E-state index contributed by atoms with van der Waals surface area (Å²) in [4.78, 5) is 13.1. The number of aromatic nitrogens is 2. The highest BCUT2D eigenvalue weighted by atomic mass is 19.1. The Bertz CT molecular complexity index is 1050. The molecule has 0 saturated heterocycles. The van der Waals surface area contributed by atoms with E-state index in [-0.39, 0.29) is 11.7 Å². The van der Waals surface area contributed by atoms with Crippen LogP contribution >= 0.6 is 0 Å². The summed E-state index contributed by atoms with van der Waals surface area (Å²) >= 11 is 0. The lowest BCUT2D eigenvalue weighted by Crippen LogP contribution is -2.28. The van der Waals surface area contributed by atoms with Crippen LogP contribution in [0, 0.1) is 5.82 Å². The molecule has 1 amide bonds. The van der Waals surface area contributed by atoms with Gasteiger partial charge in [-0.3, -0.25) is 9.89 Å². The number of benzene rings is 2. The summed E-state index contributed by atoms with van der Waals surface area (Å²) < 4.78 is 13.3. The number of anilines is 1. The summed E-state index contributed by atoms with van der Waals surface area (Å²) in [7, 11) is 0. The fourth-order valence-corrected chi connectivity index (χ4v) is 2.99. The van der Waals surface area contributed by atoms with E-state index in [4.69, 9.17) is 5.73 Å². The normalized spacial score (nSPS) is 13.0. The maximum absolute atomic E-state index is 13.3. The van der Waals surface area contributed by atoms with Gasteiger partial charge < -0.3 is 16.4 Å². The number of carbonyl (C=O) groups excluding carboxylic acids is 1. The van der Waals surface area contributed by atoms with Gasteiger partial charge in [0.25, 0.3) is 5.91 Å². The summed E-state index contributed by atoms with van der Waals surface area (Å²) in [6.45, 7) is 7.36. The number of carbonyl (C=O) groups is 1. The number of rotatable bonds is 6. The number of hydrogen-bond donors (Lipinski definition) is 4. The van der Waals surface area contributed by atoms with Gasteiger partial charge in [-0.25, -0.2) is 4.39 Å². The molecule has 5 N–H and O–H groups in total. The summed E-state index contributed by atoms with van der Waals surface area (Å²) in [6, 6.07) is 10.5. The number of amides is 1. The van der Waals surface area contributed by atoms with Crippen LogP contribution in [0.15, 0.2) is 72.2 Å². The Morgan fingerprint density at radius 3 is 2.61 bits per heavy atom. The van der Waals surface area contributed by atoms with E-state index in [1.807, 2.05) is 12.1 Å². The molecule has 0 radical (unpaired) electrons. The predicted octanol–water partition coefficient (Wildman–Crippen LogP) is 3.74. The van der Waals surface area contributed by atoms with Crippen LogP contribution in [0.2, 0.25) is 0 Å². The van der Waals surface area contributed by atoms with Gasteiger partial charge in [0.15, 0.2) is 0 Å². The average molecular weight is 379 g/mol. The van der Waals surface area contributed by atoms with Crippen molar-refractivity contribution in [1.29, 1.82) is 0 Å². The Labute approximate surface area is 162 Å². The fourth-order valence-electron chi connectivity index (χ4n) is 2.99. The van der Waals surface area contributed by atoms with Gasteiger partial charge in [0.2, 0.25) is 0 Å². The number of nitrogens with one attached hydrogen (secondary N) is 3. The van der Waals surface area contributed by atoms with E-state index in [1.54, 1.807) is 38.2 Å². The fraction of sp³-hybridized carbons (Fsp3) is 0.143. The monoisotopic (exact) mass is 379 g/mol. The zero-order valence-corrected chi connectivity index (χ0v) is 15.7. The minimum Gasteiger partial charge on any atom is -0.363 e. The Kier molecular flexibility index (Phi) is 5.56. The maximum atomic E-state index is 13.3. The molecular weight excluding hydrogens is 357 g/mol. The minimum absolute atomic E-state index is 0.335. The Morgan fingerprint density at radius 2 is 1.93 bits per heavy atom. The number of H-pyrrole nitrogens is 1. The Morgan fingerprint density at radius 1 is 1.21 bits per heavy atom. The molecule has 0 aliphatic carbocycles. The third kappa shape index (κ3) is 4.27. The van der Waals surface area contributed by atoms with E-state index in [0.29, 0.717) is 28.2 Å². The van der Waals surface area contributed by atoms with Crippen molar-refractivity contribution < 1.29 is 9.18 Å². The molecule has 2 aromatic carbocycles. The number of nitrogens with zero attached hydrogens (tertiary/aromatic N) is 1. The van der Waals surface area contributed by atoms with Crippen LogP contribution in [0.5, 0.6) is 0 Å². The zero-order valence-electron chi connectivity index (χ0n) is 15.7. The lowest BCUT2D eigenvalue weighted by Gasteiger charge is -2.20. The molecule has 0 aliphatic heterocycles. The van der Waals surface area contributed by atoms with Crippen molar-refractivity contribution in [1.82, 2.24) is 15.5 Å². The Balaban J connectivity index is 1.94. The van der Waals surface area contributed by atoms with Crippen LogP contribution in [0.4, 0.5) is 10.1 Å². The second-order valence-electron chi connectivity index (χ2n) is 6.60. The van der Waals surface area contributed by atoms with Gasteiger partial charge in [-0.15, -0.1) is 0 Å². The molecule has 1 atom stereocenters. The van der Waals surface area contributed by atoms with Crippen molar-refractivity contribution in [3.8, 4) is 0 Å². The van der Waals surface area contributed by atoms with Crippen molar-refractivity contribution in [3.63, 3.8) is 0 Å². The highest BCUT2D eigenvalue weighted by molar-refractivity contribution is 6.06. The van der Waals surface area contributed by atoms with Crippen LogP contribution in [-0.4, -0.2) is 16.1 Å². The number of aromatic amines is 1. The highest BCUT2D eigenvalue weighted by Gasteiger charge is 2.23. The number of hydrogen-bond acceptors (Lipinski definition) is 4. The molecule has 1 heterocycles. The summed E-state index contributed by atoms with van der Waals surface area (Å²) in [5, 5.41) is 13.6. The molecule has 3 rings (SSSR count). The van der Waals surface area contributed by atoms with Gasteiger partial charge in [-0.05, 0) is 49.7 Å². The molecule has 0 fully saturated rings. The van der Waals surface area contributed by atoms with Crippen LogP contribution < -0.4 is 16.4 Å². The first kappa shape index (κ1) is 19.3. The second kappa shape index (κ2) is 8.06. The molecule has 0 saturated carbocycles. The molecule has 6 nitrogen and oxygen atoms in total. The Hall–Kier alpha value is -3.45. The van der Waals surface area contributed by atoms with Gasteiger partial charge in [0, 0.05) is 22.5 Å². The lowest BCUT2D eigenvalue weighted by molar-refractivity contribution is -0.113. The van der Waals surface area contributed by atoms with E-state index in [0.717, 1.165) is 10.9 Å². The maximum Gasteiger partial charge on any atom is 0.255 e. The molecule has 0 spiro atoms. The van der Waals surface area contributed by atoms with E-state index in [1.165, 1.54) is 12.1 Å². The lowest BCUT2D eigenvalue weighted by atomic mass is 9.97. The highest BCUT2D eigenvalue weighted by Crippen LogP contribution is 2.25. The molecule has 1 aromatic heterocycles. The van der Waals surface area contributed by atoms with E-state index >= 15 is 0 Å². The third-order valence-electron chi connectivity index (χ3n) is 4.29. The molecule has 0 aliphatic rings. The van der Waals surface area contributed by atoms with Crippen molar-refractivity contribution in [3.05, 3.63) is 83.6 Å². The third-order valence-corrected chi connectivity index (χ3v) is 4.29. The first-order valence-corrected chi connectivity index (χ1v) is 8.74. The first-order valence-electron chi connectivity index (χ1n) is 8.74. The van der Waals surface area contributed by atoms with Crippen LogP contribution in [0.25, 0.3) is 10.9 Å². The number of allylic oxidation sites excluding steroid dienone is 2. The molecule has 0 bridgehead atoms. The van der Waals surface area contributed by atoms with Crippen molar-refractivity contribution >= 4 is 22.5 Å². The predicted molar refractivity (Wildman–Crippen MR) is 109 cm³/mol. The molecule has 144 valence electrons. The van der Waals surface area contributed by atoms with Gasteiger partial charge >= 0.3 is 0 Å². The van der Waals surface area contributed by atoms with E-state index in [9.17, 15) is 9.18 Å². The number of fused-ring (bicyclic) bond motifs is 1. The van der Waals surface area contributed by atoms with Crippen molar-refractivity contribution in [2.75, 3.05) is 5.32 Å². The van der Waals surface area contributed by atoms with E-state index < -0.39 is 6.04 Å². The minimum atomic E-state index is -0.745. The molecule has 1 unspecified atom stereocenters. The number of halogens is 1. The van der Waals surface area contributed by atoms with Gasteiger partial charge in [-0.1, -0.05) is 18.7 Å². The van der Waals surface area contributed by atoms with Crippen molar-refractivity contribution in [2.24, 2.45) is 5.73 Å². The van der Waals surface area contributed by atoms with Gasteiger partial charge in [-0.2, -0.15) is 5.10 Å². The summed E-state index contributed by atoms with van der Waals surface area (Å²) in [5.74, 6) is -0.720. The zero-order chi connectivity index (χ0) is 20.3. The average Bonchev–Trinajstić information content (AvgIpc) is 3.09. The second-order valence-corrected chi connectivity index (χ2v) is 6.60. The first-order chi connectivity index (χ1) is 13.3.